The van der Waals surface area contributed by atoms with Gasteiger partial charge in [0.1, 0.15) is 6.10 Å². The van der Waals surface area contributed by atoms with Gasteiger partial charge in [0.2, 0.25) is 5.91 Å². The van der Waals surface area contributed by atoms with E-state index in [2.05, 4.69) is 33.8 Å². The van der Waals surface area contributed by atoms with Gasteiger partial charge in [-0.1, -0.05) is 39.3 Å². The van der Waals surface area contributed by atoms with E-state index in [1.807, 2.05) is 13.8 Å². The van der Waals surface area contributed by atoms with Gasteiger partial charge in [0, 0.05) is 12.5 Å². The predicted octanol–water partition coefficient (Wildman–Crippen LogP) is 5.07. The third kappa shape index (κ3) is 4.40. The highest BCUT2D eigenvalue weighted by molar-refractivity contribution is 5.93. The summed E-state index contributed by atoms with van der Waals surface area (Å²) in [7, 11) is 0. The van der Waals surface area contributed by atoms with Crippen molar-refractivity contribution in [2.45, 2.75) is 118 Å². The lowest BCUT2D eigenvalue weighted by molar-refractivity contribution is -0.234. The minimum absolute atomic E-state index is 0.0710. The first kappa shape index (κ1) is 28.4. The second kappa shape index (κ2) is 9.82. The summed E-state index contributed by atoms with van der Waals surface area (Å²) >= 11 is 0. The van der Waals surface area contributed by atoms with E-state index in [0.717, 1.165) is 31.3 Å². The summed E-state index contributed by atoms with van der Waals surface area (Å²) in [6, 6.07) is 0. The average Bonchev–Trinajstić information content (AvgIpc) is 3.05. The molecule has 10 atom stereocenters. The molecule has 0 radical (unpaired) electrons. The number of aliphatic hydroxyl groups is 2. The smallest absolute Gasteiger partial charge is 0.303 e. The van der Waals surface area contributed by atoms with Crippen LogP contribution in [0.25, 0.3) is 0 Å². The van der Waals surface area contributed by atoms with E-state index in [1.165, 1.54) is 12.5 Å². The van der Waals surface area contributed by atoms with Crippen LogP contribution in [0.15, 0.2) is 22.8 Å². The molecule has 0 spiro atoms. The van der Waals surface area contributed by atoms with Crippen molar-refractivity contribution in [3.05, 3.63) is 22.8 Å². The van der Waals surface area contributed by atoms with Crippen LogP contribution in [-0.4, -0.2) is 40.4 Å². The Bertz CT molecular complexity index is 998. The number of carbonyl (C=O) groups excluding carboxylic acids is 2. The quantitative estimate of drug-likeness (QED) is 0.269. The predicted molar refractivity (Wildman–Crippen MR) is 144 cm³/mol. The number of rotatable bonds is 5. The van der Waals surface area contributed by atoms with Gasteiger partial charge in [0.05, 0.1) is 12.2 Å². The normalized spacial score (nSPS) is 46.2. The van der Waals surface area contributed by atoms with Gasteiger partial charge in [-0.05, 0) is 111 Å². The molecular weight excluding hydrogens is 466 g/mol. The average molecular weight is 516 g/mol. The molecular formula is C31H49NO5. The van der Waals surface area contributed by atoms with Gasteiger partial charge >= 0.3 is 5.97 Å². The first-order valence-corrected chi connectivity index (χ1v) is 14.4. The van der Waals surface area contributed by atoms with Crippen molar-refractivity contribution < 1.29 is 24.5 Å². The molecule has 4 aliphatic rings. The van der Waals surface area contributed by atoms with E-state index in [4.69, 9.17) is 10.5 Å². The van der Waals surface area contributed by atoms with Crippen molar-refractivity contribution in [3.63, 3.8) is 0 Å². The molecule has 4 aliphatic carbocycles. The largest absolute Gasteiger partial charge is 0.458 e. The van der Waals surface area contributed by atoms with Crippen molar-refractivity contribution in [2.75, 3.05) is 0 Å². The first-order chi connectivity index (χ1) is 17.2. The summed E-state index contributed by atoms with van der Waals surface area (Å²) in [6.07, 6.45) is 6.82. The number of amides is 1. The van der Waals surface area contributed by atoms with Crippen LogP contribution < -0.4 is 5.73 Å². The van der Waals surface area contributed by atoms with E-state index in [-0.39, 0.29) is 46.1 Å². The summed E-state index contributed by atoms with van der Waals surface area (Å²) in [5.41, 5.74) is 8.06. The van der Waals surface area contributed by atoms with Crippen LogP contribution in [0.1, 0.15) is 99.8 Å². The molecule has 6 nitrogen and oxygen atoms in total. The van der Waals surface area contributed by atoms with E-state index in [9.17, 15) is 19.8 Å². The summed E-state index contributed by atoms with van der Waals surface area (Å²) < 4.78 is 5.93. The SMILES string of the molecule is CC(=O)O[C@H]1C[C@@]2(C)[C@@H](C[C@@H](O)[C@H]3[C@@]4(C)CC[C@@H](O)[C@@H](C)[C@@H]4CC[C@@]32C)/C1=C(\CCC=C(C)C)C(N)=O. The Morgan fingerprint density at radius 2 is 1.73 bits per heavy atom. The summed E-state index contributed by atoms with van der Waals surface area (Å²) in [4.78, 5) is 25.1. The molecule has 4 N–H and O–H groups in total. The second-order valence-electron chi connectivity index (χ2n) is 13.7. The minimum atomic E-state index is -0.531. The third-order valence-corrected chi connectivity index (χ3v) is 11.6. The Kier molecular flexibility index (Phi) is 7.53. The fourth-order valence-corrected chi connectivity index (χ4v) is 9.82. The highest BCUT2D eigenvalue weighted by Crippen LogP contribution is 2.74. The minimum Gasteiger partial charge on any atom is -0.458 e. The fourth-order valence-electron chi connectivity index (χ4n) is 9.82. The number of aliphatic hydroxyl groups excluding tert-OH is 2. The van der Waals surface area contributed by atoms with Crippen molar-refractivity contribution in [2.24, 2.45) is 45.7 Å². The molecule has 37 heavy (non-hydrogen) atoms. The Balaban J connectivity index is 1.82. The molecule has 0 aromatic rings. The van der Waals surface area contributed by atoms with Crippen molar-refractivity contribution in [1.82, 2.24) is 0 Å². The zero-order chi connectivity index (χ0) is 27.5. The molecule has 0 aliphatic heterocycles. The number of hydrogen-bond acceptors (Lipinski definition) is 5. The highest BCUT2D eigenvalue weighted by atomic mass is 16.5. The molecule has 0 saturated heterocycles. The molecule has 6 heteroatoms. The van der Waals surface area contributed by atoms with E-state index < -0.39 is 18.1 Å². The number of esters is 1. The van der Waals surface area contributed by atoms with Gasteiger partial charge in [-0.25, -0.2) is 0 Å². The van der Waals surface area contributed by atoms with E-state index in [0.29, 0.717) is 37.2 Å². The van der Waals surface area contributed by atoms with Crippen LogP contribution >= 0.6 is 0 Å². The molecule has 4 fully saturated rings. The molecule has 0 aromatic heterocycles. The van der Waals surface area contributed by atoms with Crippen LogP contribution in [0.5, 0.6) is 0 Å². The Hall–Kier alpha value is -1.66. The molecule has 0 bridgehead atoms. The molecule has 0 heterocycles. The summed E-state index contributed by atoms with van der Waals surface area (Å²) in [5.74, 6) is -0.221. The second-order valence-corrected chi connectivity index (χ2v) is 13.7. The van der Waals surface area contributed by atoms with Gasteiger partial charge in [-0.15, -0.1) is 0 Å². The van der Waals surface area contributed by atoms with Gasteiger partial charge in [-0.3, -0.25) is 9.59 Å². The monoisotopic (exact) mass is 515 g/mol. The van der Waals surface area contributed by atoms with Crippen LogP contribution in [0.4, 0.5) is 0 Å². The fraction of sp³-hybridized carbons (Fsp3) is 0.806. The lowest BCUT2D eigenvalue weighted by atomic mass is 9.36. The van der Waals surface area contributed by atoms with Crippen molar-refractivity contribution in [3.8, 4) is 0 Å². The van der Waals surface area contributed by atoms with Gasteiger partial charge in [0.25, 0.3) is 0 Å². The Morgan fingerprint density at radius 3 is 2.32 bits per heavy atom. The van der Waals surface area contributed by atoms with Crippen molar-refractivity contribution in [1.29, 1.82) is 0 Å². The van der Waals surface area contributed by atoms with Crippen LogP contribution in [0, 0.1) is 39.9 Å². The molecule has 4 rings (SSSR count). The lowest BCUT2D eigenvalue weighted by Crippen LogP contribution is -2.65. The summed E-state index contributed by atoms with van der Waals surface area (Å²) in [6.45, 7) is 14.7. The maximum Gasteiger partial charge on any atom is 0.303 e. The number of ether oxygens (including phenoxy) is 1. The maximum absolute atomic E-state index is 12.8. The molecule has 1 amide bonds. The number of nitrogens with two attached hydrogens (primary N) is 1. The number of allylic oxidation sites excluding steroid dienone is 2. The third-order valence-electron chi connectivity index (χ3n) is 11.6. The van der Waals surface area contributed by atoms with Gasteiger partial charge in [-0.2, -0.15) is 0 Å². The van der Waals surface area contributed by atoms with Crippen LogP contribution in [0.2, 0.25) is 0 Å². The first-order valence-electron chi connectivity index (χ1n) is 14.4. The van der Waals surface area contributed by atoms with Crippen LogP contribution in [0.3, 0.4) is 0 Å². The zero-order valence-corrected chi connectivity index (χ0v) is 24.0. The Morgan fingerprint density at radius 1 is 1.05 bits per heavy atom. The topological polar surface area (TPSA) is 110 Å². The molecule has 4 saturated carbocycles. The number of carbonyl (C=O) groups is 2. The van der Waals surface area contributed by atoms with Gasteiger partial charge < -0.3 is 20.7 Å². The maximum atomic E-state index is 12.8. The molecule has 0 aromatic carbocycles. The number of primary amides is 1. The van der Waals surface area contributed by atoms with Crippen LogP contribution in [-0.2, 0) is 14.3 Å². The number of fused-ring (bicyclic) bond motifs is 5. The molecule has 208 valence electrons. The summed E-state index contributed by atoms with van der Waals surface area (Å²) in [5, 5.41) is 22.6. The Labute approximate surface area is 223 Å². The van der Waals surface area contributed by atoms with E-state index >= 15 is 0 Å². The zero-order valence-electron chi connectivity index (χ0n) is 24.0. The number of hydrogen-bond donors (Lipinski definition) is 3. The standard InChI is InChI=1S/C31H49NO5/c1-17(2)9-8-10-20(28(32)36)26-22-15-24(35)27-29(5)13-12-23(34)18(3)21(29)11-14-30(27,6)31(22,7)16-25(26)37-19(4)33/h9,18,21-25,27,34-35H,8,10-16H2,1-7H3,(H2,32,36)/b26-20-/t18-,21-,22-,23+,24+,25-,27-,29-,30-,31-/m0/s1. The van der Waals surface area contributed by atoms with E-state index in [1.54, 1.807) is 0 Å². The lowest BCUT2D eigenvalue weighted by Gasteiger charge is -2.69. The van der Waals surface area contributed by atoms with Crippen molar-refractivity contribution >= 4 is 11.9 Å². The molecule has 0 unspecified atom stereocenters. The van der Waals surface area contributed by atoms with Gasteiger partial charge in [0.15, 0.2) is 0 Å². The highest BCUT2D eigenvalue weighted by Gasteiger charge is 2.70.